The van der Waals surface area contributed by atoms with Crippen LogP contribution in [0.3, 0.4) is 0 Å². The minimum atomic E-state index is -1.15. The number of likely N-dealkylation sites (tertiary alicyclic amines) is 1. The normalized spacial score (nSPS) is 17.0. The molecule has 1 aromatic heterocycles. The molecule has 0 spiro atoms. The lowest BCUT2D eigenvalue weighted by Gasteiger charge is -2.31. The topological polar surface area (TPSA) is 141 Å². The van der Waals surface area contributed by atoms with Crippen molar-refractivity contribution in [3.63, 3.8) is 0 Å². The zero-order valence-corrected chi connectivity index (χ0v) is 16.7. The third-order valence-corrected chi connectivity index (χ3v) is 5.37. The average molecular weight is 411 g/mol. The molecule has 0 saturated carbocycles. The maximum Gasteiger partial charge on any atom is 0.322 e. The molecule has 1 aromatic rings. The van der Waals surface area contributed by atoms with Gasteiger partial charge in [0.2, 0.25) is 17.7 Å². The number of rotatable bonds is 8. The summed E-state index contributed by atoms with van der Waals surface area (Å²) >= 11 is 1.42. The molecule has 3 amide bonds. The fourth-order valence-electron chi connectivity index (χ4n) is 2.85. The molecular formula is C17H25N5O5S. The molecule has 154 valence electrons. The van der Waals surface area contributed by atoms with Gasteiger partial charge in [-0.3, -0.25) is 24.1 Å². The highest BCUT2D eigenvalue weighted by Gasteiger charge is 2.27. The largest absolute Gasteiger partial charge is 0.480 e. The molecule has 0 bridgehead atoms. The van der Waals surface area contributed by atoms with Crippen molar-refractivity contribution in [3.8, 4) is 0 Å². The fraction of sp³-hybridized carbons (Fsp3) is 0.588. The Hall–Kier alpha value is -2.53. The molecule has 0 aliphatic carbocycles. The zero-order chi connectivity index (χ0) is 20.7. The van der Waals surface area contributed by atoms with E-state index >= 15 is 0 Å². The van der Waals surface area contributed by atoms with Gasteiger partial charge in [0.15, 0.2) is 5.13 Å². The second-order valence-corrected chi connectivity index (χ2v) is 7.87. The number of aryl methyl sites for hydroxylation is 2. The van der Waals surface area contributed by atoms with Gasteiger partial charge in [0, 0.05) is 11.4 Å². The number of thiazole rings is 1. The monoisotopic (exact) mass is 411 g/mol. The van der Waals surface area contributed by atoms with Gasteiger partial charge in [-0.05, 0) is 33.2 Å². The first-order valence-corrected chi connectivity index (χ1v) is 9.78. The number of carboxylic acid groups (broad SMARTS) is 1. The number of aromatic nitrogens is 1. The van der Waals surface area contributed by atoms with Crippen molar-refractivity contribution in [2.24, 2.45) is 5.92 Å². The van der Waals surface area contributed by atoms with Crippen molar-refractivity contribution in [2.75, 3.05) is 38.0 Å². The molecule has 1 unspecified atom stereocenters. The van der Waals surface area contributed by atoms with Gasteiger partial charge < -0.3 is 21.1 Å². The first-order valence-electron chi connectivity index (χ1n) is 8.97. The molecule has 10 nitrogen and oxygen atoms in total. The molecule has 4 N–H and O–H groups in total. The van der Waals surface area contributed by atoms with E-state index in [0.29, 0.717) is 24.6 Å². The van der Waals surface area contributed by atoms with Gasteiger partial charge in [0.05, 0.1) is 24.7 Å². The standard InChI is InChI=1S/C17H25N5O5S/c1-10-11(2)28-17(20-10)21-14(24)9-22-5-3-4-12(8-22)16(27)19-6-13(23)18-7-15(25)26/h12H,3-9H2,1-2H3,(H,18,23)(H,19,27)(H,25,26)(H,20,21,24). The smallest absolute Gasteiger partial charge is 0.322 e. The maximum absolute atomic E-state index is 12.3. The number of carbonyl (C=O) groups excluding carboxylic acids is 3. The Morgan fingerprint density at radius 3 is 2.57 bits per heavy atom. The lowest BCUT2D eigenvalue weighted by Crippen LogP contribution is -2.47. The van der Waals surface area contributed by atoms with Crippen LogP contribution in [0.4, 0.5) is 5.13 Å². The number of anilines is 1. The van der Waals surface area contributed by atoms with Crippen molar-refractivity contribution in [1.29, 1.82) is 0 Å². The number of carbonyl (C=O) groups is 4. The molecule has 1 fully saturated rings. The molecule has 1 aliphatic heterocycles. The van der Waals surface area contributed by atoms with Crippen LogP contribution in [0.5, 0.6) is 0 Å². The van der Waals surface area contributed by atoms with Gasteiger partial charge >= 0.3 is 5.97 Å². The molecule has 0 radical (unpaired) electrons. The van der Waals surface area contributed by atoms with Gasteiger partial charge in [0.1, 0.15) is 6.54 Å². The number of piperidine rings is 1. The van der Waals surface area contributed by atoms with E-state index in [2.05, 4.69) is 20.9 Å². The second-order valence-electron chi connectivity index (χ2n) is 6.67. The molecule has 28 heavy (non-hydrogen) atoms. The van der Waals surface area contributed by atoms with Crippen LogP contribution in [0, 0.1) is 19.8 Å². The lowest BCUT2D eigenvalue weighted by atomic mass is 9.97. The van der Waals surface area contributed by atoms with E-state index in [-0.39, 0.29) is 30.8 Å². The molecule has 1 aliphatic rings. The first kappa shape index (κ1) is 21.8. The van der Waals surface area contributed by atoms with Gasteiger partial charge in [-0.1, -0.05) is 0 Å². The molecule has 11 heteroatoms. The molecule has 2 rings (SSSR count). The summed E-state index contributed by atoms with van der Waals surface area (Å²) in [6, 6.07) is 0. The lowest BCUT2D eigenvalue weighted by molar-refractivity contribution is -0.138. The van der Waals surface area contributed by atoms with Crippen LogP contribution >= 0.6 is 11.3 Å². The Bertz CT molecular complexity index is 731. The van der Waals surface area contributed by atoms with Crippen molar-refractivity contribution >= 4 is 40.2 Å². The summed E-state index contributed by atoms with van der Waals surface area (Å²) in [5.41, 5.74) is 0.891. The Morgan fingerprint density at radius 1 is 1.18 bits per heavy atom. The van der Waals surface area contributed by atoms with E-state index in [1.54, 1.807) is 0 Å². The highest BCUT2D eigenvalue weighted by Crippen LogP contribution is 2.21. The van der Waals surface area contributed by atoms with Crippen LogP contribution in [-0.2, 0) is 19.2 Å². The summed E-state index contributed by atoms with van der Waals surface area (Å²) in [5, 5.41) is 16.6. The number of nitrogens with one attached hydrogen (secondary N) is 3. The number of amides is 3. The summed E-state index contributed by atoms with van der Waals surface area (Å²) < 4.78 is 0. The SMILES string of the molecule is Cc1nc(NC(=O)CN2CCCC(C(=O)NCC(=O)NCC(=O)O)C2)sc1C. The third kappa shape index (κ3) is 6.89. The van der Waals surface area contributed by atoms with E-state index in [4.69, 9.17) is 5.11 Å². The van der Waals surface area contributed by atoms with E-state index in [1.165, 1.54) is 11.3 Å². The predicted molar refractivity (Wildman–Crippen MR) is 103 cm³/mol. The van der Waals surface area contributed by atoms with Gasteiger partial charge in [-0.25, -0.2) is 4.98 Å². The van der Waals surface area contributed by atoms with Crippen molar-refractivity contribution in [3.05, 3.63) is 10.6 Å². The van der Waals surface area contributed by atoms with E-state index in [1.807, 2.05) is 18.7 Å². The molecular weight excluding hydrogens is 386 g/mol. The van der Waals surface area contributed by atoms with Crippen LogP contribution < -0.4 is 16.0 Å². The summed E-state index contributed by atoms with van der Waals surface area (Å²) in [6.45, 7) is 4.37. The third-order valence-electron chi connectivity index (χ3n) is 4.38. The van der Waals surface area contributed by atoms with Crippen LogP contribution in [-0.4, -0.2) is 71.4 Å². The van der Waals surface area contributed by atoms with Crippen LogP contribution in [0.1, 0.15) is 23.4 Å². The van der Waals surface area contributed by atoms with E-state index in [9.17, 15) is 19.2 Å². The summed E-state index contributed by atoms with van der Waals surface area (Å²) in [4.78, 5) is 53.6. The Morgan fingerprint density at radius 2 is 1.93 bits per heavy atom. The number of nitrogens with zero attached hydrogens (tertiary/aromatic N) is 2. The van der Waals surface area contributed by atoms with E-state index < -0.39 is 18.4 Å². The van der Waals surface area contributed by atoms with Gasteiger partial charge in [0.25, 0.3) is 0 Å². The fourth-order valence-corrected chi connectivity index (χ4v) is 3.68. The zero-order valence-electron chi connectivity index (χ0n) is 15.9. The van der Waals surface area contributed by atoms with Crippen molar-refractivity contribution in [1.82, 2.24) is 20.5 Å². The Labute approximate surface area is 166 Å². The summed E-state index contributed by atoms with van der Waals surface area (Å²) in [7, 11) is 0. The number of hydrogen-bond donors (Lipinski definition) is 4. The van der Waals surface area contributed by atoms with Gasteiger partial charge in [-0.2, -0.15) is 0 Å². The Kier molecular flexibility index (Phi) is 7.88. The highest BCUT2D eigenvalue weighted by molar-refractivity contribution is 7.15. The number of aliphatic carboxylic acids is 1. The number of hydrogen-bond acceptors (Lipinski definition) is 7. The highest BCUT2D eigenvalue weighted by atomic mass is 32.1. The second kappa shape index (κ2) is 10.1. The number of carboxylic acids is 1. The minimum absolute atomic E-state index is 0.167. The van der Waals surface area contributed by atoms with Gasteiger partial charge in [-0.15, -0.1) is 11.3 Å². The Balaban J connectivity index is 1.76. The average Bonchev–Trinajstić information content (AvgIpc) is 2.95. The van der Waals surface area contributed by atoms with E-state index in [0.717, 1.165) is 17.0 Å². The quantitative estimate of drug-likeness (QED) is 0.461. The molecule has 0 aromatic carbocycles. The summed E-state index contributed by atoms with van der Waals surface area (Å²) in [5.74, 6) is -2.48. The molecule has 1 atom stereocenters. The first-order chi connectivity index (χ1) is 13.2. The molecule has 2 heterocycles. The maximum atomic E-state index is 12.3. The predicted octanol–water partition coefficient (Wildman–Crippen LogP) is -0.273. The van der Waals surface area contributed by atoms with Crippen LogP contribution in [0.25, 0.3) is 0 Å². The summed E-state index contributed by atoms with van der Waals surface area (Å²) in [6.07, 6.45) is 1.44. The minimum Gasteiger partial charge on any atom is -0.480 e. The van der Waals surface area contributed by atoms with Crippen molar-refractivity contribution in [2.45, 2.75) is 26.7 Å². The van der Waals surface area contributed by atoms with Crippen molar-refractivity contribution < 1.29 is 24.3 Å². The molecule has 1 saturated heterocycles. The van der Waals surface area contributed by atoms with Crippen LogP contribution in [0.2, 0.25) is 0 Å². The van der Waals surface area contributed by atoms with Crippen LogP contribution in [0.15, 0.2) is 0 Å².